The number of benzene rings is 1. The molecule has 0 fully saturated rings. The number of aromatic nitrogens is 3. The van der Waals surface area contributed by atoms with Crippen molar-refractivity contribution < 1.29 is 9.18 Å². The molecule has 0 atom stereocenters. The molecule has 0 unspecified atom stereocenters. The molecule has 1 aliphatic carbocycles. The molecular formula is C20H17FN4OS2. The number of anilines is 1. The molecule has 0 radical (unpaired) electrons. The number of aryl methyl sites for hydroxylation is 2. The molecule has 28 heavy (non-hydrogen) atoms. The van der Waals surface area contributed by atoms with E-state index in [2.05, 4.69) is 15.3 Å². The molecule has 3 heterocycles. The van der Waals surface area contributed by atoms with E-state index in [0.717, 1.165) is 40.4 Å². The highest BCUT2D eigenvalue weighted by Gasteiger charge is 2.17. The fourth-order valence-electron chi connectivity index (χ4n) is 3.45. The highest BCUT2D eigenvalue weighted by molar-refractivity contribution is 7.16. The monoisotopic (exact) mass is 412 g/mol. The van der Waals surface area contributed by atoms with Crippen molar-refractivity contribution in [1.82, 2.24) is 14.4 Å². The zero-order chi connectivity index (χ0) is 19.1. The number of carbonyl (C=O) groups excluding carboxylic acids is 1. The number of imidazole rings is 1. The fourth-order valence-corrected chi connectivity index (χ4v) is 5.39. The molecule has 3 aromatic heterocycles. The molecule has 1 N–H and O–H groups in total. The van der Waals surface area contributed by atoms with E-state index in [4.69, 9.17) is 0 Å². The van der Waals surface area contributed by atoms with Crippen LogP contribution in [-0.2, 0) is 24.1 Å². The van der Waals surface area contributed by atoms with E-state index in [1.165, 1.54) is 41.2 Å². The topological polar surface area (TPSA) is 59.3 Å². The van der Waals surface area contributed by atoms with E-state index in [1.807, 2.05) is 16.0 Å². The Labute approximate surface area is 168 Å². The summed E-state index contributed by atoms with van der Waals surface area (Å²) in [5.41, 5.74) is 3.63. The maximum Gasteiger partial charge on any atom is 0.232 e. The first-order valence-electron chi connectivity index (χ1n) is 9.15. The lowest BCUT2D eigenvalue weighted by atomic mass is 10.0. The number of carbonyl (C=O) groups is 1. The molecule has 4 aromatic rings. The first-order chi connectivity index (χ1) is 13.7. The normalized spacial score (nSPS) is 13.6. The minimum Gasteiger partial charge on any atom is -0.302 e. The van der Waals surface area contributed by atoms with E-state index in [1.54, 1.807) is 23.5 Å². The van der Waals surface area contributed by atoms with Gasteiger partial charge in [-0.05, 0) is 49.9 Å². The Balaban J connectivity index is 1.34. The van der Waals surface area contributed by atoms with Gasteiger partial charge in [-0.1, -0.05) is 0 Å². The van der Waals surface area contributed by atoms with Crippen LogP contribution in [-0.4, -0.2) is 20.3 Å². The first-order valence-corrected chi connectivity index (χ1v) is 10.9. The molecule has 5 rings (SSSR count). The van der Waals surface area contributed by atoms with Crippen LogP contribution in [0.1, 0.15) is 29.1 Å². The van der Waals surface area contributed by atoms with Crippen LogP contribution in [0.25, 0.3) is 16.2 Å². The van der Waals surface area contributed by atoms with Crippen molar-refractivity contribution in [1.29, 1.82) is 0 Å². The van der Waals surface area contributed by atoms with Crippen molar-refractivity contribution >= 4 is 38.7 Å². The Kier molecular flexibility index (Phi) is 4.44. The standard InChI is InChI=1S/C20H17FN4OS2/c21-13-7-5-12(6-8-13)16-10-25-14(11-27-20(25)23-16)9-18(26)24-19-22-15-3-1-2-4-17(15)28-19/h5-8,10-11H,1-4,9H2,(H,22,24,26). The van der Waals surface area contributed by atoms with Crippen LogP contribution in [0.2, 0.25) is 0 Å². The Morgan fingerprint density at radius 3 is 2.82 bits per heavy atom. The average molecular weight is 413 g/mol. The number of hydrogen-bond acceptors (Lipinski definition) is 5. The Morgan fingerprint density at radius 2 is 2.00 bits per heavy atom. The molecule has 1 amide bonds. The largest absolute Gasteiger partial charge is 0.302 e. The molecule has 142 valence electrons. The van der Waals surface area contributed by atoms with E-state index in [-0.39, 0.29) is 18.1 Å². The van der Waals surface area contributed by atoms with Gasteiger partial charge in [0.25, 0.3) is 0 Å². The van der Waals surface area contributed by atoms with Crippen molar-refractivity contribution in [3.05, 3.63) is 57.9 Å². The van der Waals surface area contributed by atoms with E-state index in [9.17, 15) is 9.18 Å². The van der Waals surface area contributed by atoms with Crippen LogP contribution in [0, 0.1) is 5.82 Å². The number of hydrogen-bond donors (Lipinski definition) is 1. The summed E-state index contributed by atoms with van der Waals surface area (Å²) in [6.45, 7) is 0. The molecule has 0 bridgehead atoms. The van der Waals surface area contributed by atoms with Crippen molar-refractivity contribution in [2.75, 3.05) is 5.32 Å². The summed E-state index contributed by atoms with van der Waals surface area (Å²) in [6, 6.07) is 6.26. The Bertz CT molecular complexity index is 1140. The number of nitrogens with zero attached hydrogens (tertiary/aromatic N) is 3. The van der Waals surface area contributed by atoms with Gasteiger partial charge in [-0.15, -0.1) is 22.7 Å². The number of rotatable bonds is 4. The molecule has 0 spiro atoms. The summed E-state index contributed by atoms with van der Waals surface area (Å²) in [4.78, 5) is 23.8. The van der Waals surface area contributed by atoms with Gasteiger partial charge in [0, 0.05) is 27.7 Å². The predicted molar refractivity (Wildman–Crippen MR) is 110 cm³/mol. The van der Waals surface area contributed by atoms with Gasteiger partial charge in [-0.2, -0.15) is 0 Å². The molecule has 0 saturated heterocycles. The zero-order valence-corrected chi connectivity index (χ0v) is 16.6. The van der Waals surface area contributed by atoms with Gasteiger partial charge in [0.1, 0.15) is 5.82 Å². The van der Waals surface area contributed by atoms with Crippen molar-refractivity contribution in [2.45, 2.75) is 32.1 Å². The third-order valence-electron chi connectivity index (χ3n) is 4.86. The highest BCUT2D eigenvalue weighted by atomic mass is 32.1. The Hall–Kier alpha value is -2.58. The zero-order valence-electron chi connectivity index (χ0n) is 14.9. The van der Waals surface area contributed by atoms with Crippen molar-refractivity contribution in [3.63, 3.8) is 0 Å². The van der Waals surface area contributed by atoms with Crippen LogP contribution in [0.15, 0.2) is 35.8 Å². The second-order valence-electron chi connectivity index (χ2n) is 6.83. The van der Waals surface area contributed by atoms with Crippen LogP contribution in [0.3, 0.4) is 0 Å². The number of amides is 1. The number of nitrogens with one attached hydrogen (secondary N) is 1. The van der Waals surface area contributed by atoms with Crippen LogP contribution in [0.4, 0.5) is 9.52 Å². The third-order valence-corrected chi connectivity index (χ3v) is 6.82. The van der Waals surface area contributed by atoms with Gasteiger partial charge in [-0.25, -0.2) is 14.4 Å². The second-order valence-corrected chi connectivity index (χ2v) is 8.75. The van der Waals surface area contributed by atoms with Gasteiger partial charge in [0.15, 0.2) is 10.1 Å². The number of fused-ring (bicyclic) bond motifs is 2. The summed E-state index contributed by atoms with van der Waals surface area (Å²) >= 11 is 3.08. The van der Waals surface area contributed by atoms with Gasteiger partial charge in [0.2, 0.25) is 5.91 Å². The van der Waals surface area contributed by atoms with E-state index in [0.29, 0.717) is 5.13 Å². The third kappa shape index (κ3) is 3.33. The van der Waals surface area contributed by atoms with Crippen LogP contribution < -0.4 is 5.32 Å². The number of thiazole rings is 2. The quantitative estimate of drug-likeness (QED) is 0.528. The minimum absolute atomic E-state index is 0.0807. The predicted octanol–water partition coefficient (Wildman–Crippen LogP) is 4.72. The summed E-state index contributed by atoms with van der Waals surface area (Å²) < 4.78 is 15.1. The van der Waals surface area contributed by atoms with E-state index >= 15 is 0 Å². The van der Waals surface area contributed by atoms with Crippen LogP contribution in [0.5, 0.6) is 0 Å². The summed E-state index contributed by atoms with van der Waals surface area (Å²) in [5.74, 6) is -0.353. The van der Waals surface area contributed by atoms with E-state index < -0.39 is 0 Å². The molecule has 0 saturated carbocycles. The molecule has 1 aromatic carbocycles. The Morgan fingerprint density at radius 1 is 1.18 bits per heavy atom. The molecular weight excluding hydrogens is 395 g/mol. The lowest BCUT2D eigenvalue weighted by Crippen LogP contribution is -2.15. The first kappa shape index (κ1) is 17.5. The van der Waals surface area contributed by atoms with Gasteiger partial charge >= 0.3 is 0 Å². The average Bonchev–Trinajstić information content (AvgIpc) is 3.37. The number of halogens is 1. The maximum atomic E-state index is 13.1. The van der Waals surface area contributed by atoms with Crippen molar-refractivity contribution in [3.8, 4) is 11.3 Å². The lowest BCUT2D eigenvalue weighted by molar-refractivity contribution is -0.115. The summed E-state index contributed by atoms with van der Waals surface area (Å²) in [5, 5.41) is 5.59. The second kappa shape index (κ2) is 7.10. The lowest BCUT2D eigenvalue weighted by Gasteiger charge is -2.06. The smallest absolute Gasteiger partial charge is 0.232 e. The summed E-state index contributed by atoms with van der Waals surface area (Å²) in [7, 11) is 0. The molecule has 1 aliphatic rings. The van der Waals surface area contributed by atoms with Crippen molar-refractivity contribution in [2.24, 2.45) is 0 Å². The van der Waals surface area contributed by atoms with Gasteiger partial charge in [-0.3, -0.25) is 9.20 Å². The molecule has 0 aliphatic heterocycles. The van der Waals surface area contributed by atoms with Crippen LogP contribution >= 0.6 is 22.7 Å². The SMILES string of the molecule is O=C(Cc1csc2nc(-c3ccc(F)cc3)cn12)Nc1nc2c(s1)CCCC2. The minimum atomic E-state index is -0.272. The molecule has 8 heteroatoms. The highest BCUT2D eigenvalue weighted by Crippen LogP contribution is 2.30. The maximum absolute atomic E-state index is 13.1. The summed E-state index contributed by atoms with van der Waals surface area (Å²) in [6.07, 6.45) is 6.59. The fraction of sp³-hybridized carbons (Fsp3) is 0.250. The van der Waals surface area contributed by atoms with Gasteiger partial charge in [0.05, 0.1) is 17.8 Å². The molecule has 5 nitrogen and oxygen atoms in total. The van der Waals surface area contributed by atoms with Gasteiger partial charge < -0.3 is 5.32 Å².